The van der Waals surface area contributed by atoms with E-state index in [0.29, 0.717) is 0 Å². The van der Waals surface area contributed by atoms with Crippen LogP contribution in [0.3, 0.4) is 0 Å². The fourth-order valence-electron chi connectivity index (χ4n) is 6.15. The minimum atomic E-state index is -2.09. The molecular formula is C44H134O7Si12. The van der Waals surface area contributed by atoms with E-state index in [1.807, 2.05) is 11.4 Å². The predicted molar refractivity (Wildman–Crippen MR) is 339 cm³/mol. The molecular weight excluding hydrogens is 978 g/mol. The van der Waals surface area contributed by atoms with Crippen molar-refractivity contribution in [3.63, 3.8) is 0 Å². The van der Waals surface area contributed by atoms with E-state index in [4.69, 9.17) is 28.8 Å². The number of hydrogen-bond acceptors (Lipinski definition) is 7. The molecule has 0 aliphatic rings. The van der Waals surface area contributed by atoms with Crippen LogP contribution >= 0.6 is 0 Å². The molecule has 63 heavy (non-hydrogen) atoms. The molecule has 0 fully saturated rings. The highest BCUT2D eigenvalue weighted by Gasteiger charge is 2.42. The first-order valence-electron chi connectivity index (χ1n) is 20.0. The van der Waals surface area contributed by atoms with Crippen LogP contribution in [0.25, 0.3) is 0 Å². The summed E-state index contributed by atoms with van der Waals surface area (Å²) in [5, 5.41) is 0. The van der Waals surface area contributed by atoms with Gasteiger partial charge in [-0.15, -0.1) is 13.2 Å². The van der Waals surface area contributed by atoms with Crippen molar-refractivity contribution in [1.29, 1.82) is 0 Å². The molecule has 0 aromatic rings. The average molecular weight is 1110 g/mol. The van der Waals surface area contributed by atoms with Crippen molar-refractivity contribution in [3.8, 4) is 0 Å². The lowest BCUT2D eigenvalue weighted by Gasteiger charge is -2.40. The van der Waals surface area contributed by atoms with Gasteiger partial charge in [-0.25, -0.2) is 0 Å². The van der Waals surface area contributed by atoms with E-state index in [9.17, 15) is 0 Å². The van der Waals surface area contributed by atoms with Gasteiger partial charge in [0.2, 0.25) is 0 Å². The summed E-state index contributed by atoms with van der Waals surface area (Å²) in [6.45, 7) is 66.6. The Bertz CT molecular complexity index is 1040. The minimum absolute atomic E-state index is 0. The SMILES string of the molecule is C.C.C.C.C.C.C.C.C.C.C=C[Si](C)(C)O[Si](C)(C)O[Si](C)(C)C=C.C[SiH](C)O[Si](C)(C)O[SiH](C)C.C[Si](C)(C)CC[Si](C)(C)O[Si](C)(C)O[Si](C)(C)CC[Si](C)(C)O[Si](C)(C)C. The van der Waals surface area contributed by atoms with Gasteiger partial charge in [-0.05, 0) is 169 Å². The molecule has 0 amide bonds. The molecule has 0 rings (SSSR count). The molecule has 0 saturated heterocycles. The summed E-state index contributed by atoms with van der Waals surface area (Å²) < 4.78 is 44.0. The molecule has 19 heteroatoms. The second-order valence-electron chi connectivity index (χ2n) is 21.6. The predicted octanol–water partition coefficient (Wildman–Crippen LogP) is 19.2. The van der Waals surface area contributed by atoms with Crippen molar-refractivity contribution in [2.45, 2.75) is 269 Å². The van der Waals surface area contributed by atoms with Gasteiger partial charge in [0.05, 0.1) is 0 Å². The Morgan fingerprint density at radius 3 is 0.762 bits per heavy atom. The average Bonchev–Trinajstić information content (AvgIpc) is 2.81. The summed E-state index contributed by atoms with van der Waals surface area (Å²) in [4.78, 5) is 0. The largest absolute Gasteiger partial charge is 0.456 e. The summed E-state index contributed by atoms with van der Waals surface area (Å²) in [5.41, 5.74) is 3.90. The Kier molecular flexibility index (Phi) is 60.1. The van der Waals surface area contributed by atoms with Crippen molar-refractivity contribution in [3.05, 3.63) is 24.6 Å². The maximum absolute atomic E-state index is 6.80. The lowest BCUT2D eigenvalue weighted by Crippen LogP contribution is -2.53. The summed E-state index contributed by atoms with van der Waals surface area (Å²) in [7, 11) is -18.6. The van der Waals surface area contributed by atoms with E-state index >= 15 is 0 Å². The zero-order valence-electron chi connectivity index (χ0n) is 40.4. The lowest BCUT2D eigenvalue weighted by molar-refractivity contribution is 0.389. The minimum Gasteiger partial charge on any atom is -0.456 e. The third kappa shape index (κ3) is 63.8. The van der Waals surface area contributed by atoms with Gasteiger partial charge in [-0.3, -0.25) is 0 Å². The first-order chi connectivity index (χ1) is 22.9. The molecule has 400 valence electrons. The van der Waals surface area contributed by atoms with Crippen LogP contribution < -0.4 is 0 Å². The van der Waals surface area contributed by atoms with E-state index in [1.165, 1.54) is 24.2 Å². The molecule has 0 aromatic carbocycles. The highest BCUT2D eigenvalue weighted by Crippen LogP contribution is 2.30. The van der Waals surface area contributed by atoms with Crippen LogP contribution in [0.5, 0.6) is 0 Å². The second kappa shape index (κ2) is 38.5. The van der Waals surface area contributed by atoms with Crippen molar-refractivity contribution in [2.75, 3.05) is 0 Å². The van der Waals surface area contributed by atoms with Crippen LogP contribution in [0.1, 0.15) is 74.3 Å². The standard InChI is InChI=1S/C18H50O3Si6.C10H24O2Si3.C6H20O2Si3.10CH4/c1-22(2,3)15-16-25(9,10)20-27(13,14)21-26(11,12)18-17-24(7,8)19-23(4,5)6;1-9-13(3,4)11-15(7,8)12-14(5,6)10-2;1-9(2)7-11(5,6)8-10(3)4;;;;;;;;;;/h15-18H2,1-14H3;9-10H,1-2H2,3-8H3;9-10H,1-6H3;10*1H4. The Labute approximate surface area is 420 Å². The Balaban J connectivity index is -0.0000000548. The quantitative estimate of drug-likeness (QED) is 0.100. The van der Waals surface area contributed by atoms with Gasteiger partial charge in [-0.2, -0.15) is 0 Å². The molecule has 0 unspecified atom stereocenters. The fourth-order valence-corrected chi connectivity index (χ4v) is 56.6. The summed E-state index contributed by atoms with van der Waals surface area (Å²) >= 11 is 0. The van der Waals surface area contributed by atoms with Crippen molar-refractivity contribution in [2.24, 2.45) is 0 Å². The van der Waals surface area contributed by atoms with E-state index in [0.717, 1.165) is 0 Å². The second-order valence-corrected chi connectivity index (χ2v) is 69.3. The Hall–Kier alpha value is 1.80. The molecule has 0 heterocycles. The van der Waals surface area contributed by atoms with E-state index in [-0.39, 0.29) is 74.3 Å². The highest BCUT2D eigenvalue weighted by atomic mass is 28.5. The molecule has 0 N–H and O–H groups in total. The van der Waals surface area contributed by atoms with Gasteiger partial charge in [0.25, 0.3) is 0 Å². The van der Waals surface area contributed by atoms with E-state index < -0.39 is 102 Å². The van der Waals surface area contributed by atoms with Crippen LogP contribution in [0.15, 0.2) is 24.6 Å². The summed E-state index contributed by atoms with van der Waals surface area (Å²) in [5.74, 6) is 0. The van der Waals surface area contributed by atoms with Gasteiger partial charge < -0.3 is 28.8 Å². The molecule has 0 aliphatic heterocycles. The zero-order chi connectivity index (χ0) is 43.3. The molecule has 0 bridgehead atoms. The van der Waals surface area contributed by atoms with Crippen molar-refractivity contribution in [1.82, 2.24) is 0 Å². The lowest BCUT2D eigenvalue weighted by atomic mass is 10.9. The smallest absolute Gasteiger partial charge is 0.311 e. The normalized spacial score (nSPS) is 12.1. The van der Waals surface area contributed by atoms with Gasteiger partial charge in [0.15, 0.2) is 68.0 Å². The van der Waals surface area contributed by atoms with Crippen molar-refractivity contribution < 1.29 is 28.8 Å². The molecule has 0 aliphatic carbocycles. The van der Waals surface area contributed by atoms with E-state index in [1.54, 1.807) is 0 Å². The van der Waals surface area contributed by atoms with E-state index in [2.05, 4.69) is 183 Å². The molecule has 0 aromatic heterocycles. The molecule has 0 saturated carbocycles. The topological polar surface area (TPSA) is 64.6 Å². The summed E-state index contributed by atoms with van der Waals surface area (Å²) in [6, 6.07) is 5.03. The Morgan fingerprint density at radius 2 is 0.556 bits per heavy atom. The van der Waals surface area contributed by atoms with Gasteiger partial charge in [0, 0.05) is 8.07 Å². The number of rotatable bonds is 22. The molecule has 0 radical (unpaired) electrons. The van der Waals surface area contributed by atoms with Crippen LogP contribution in [0.2, 0.25) is 194 Å². The summed E-state index contributed by atoms with van der Waals surface area (Å²) in [6.07, 6.45) is 0. The van der Waals surface area contributed by atoms with Crippen LogP contribution in [0, 0.1) is 0 Å². The van der Waals surface area contributed by atoms with Crippen molar-refractivity contribution >= 4 is 102 Å². The maximum atomic E-state index is 6.80. The monoisotopic (exact) mass is 1110 g/mol. The molecule has 7 nitrogen and oxygen atoms in total. The third-order valence-corrected chi connectivity index (χ3v) is 46.0. The number of hydrogen-bond donors (Lipinski definition) is 0. The highest BCUT2D eigenvalue weighted by molar-refractivity contribution is 6.91. The first-order valence-corrected chi connectivity index (χ1v) is 56.5. The first kappa shape index (κ1) is 98.3. The van der Waals surface area contributed by atoms with Crippen LogP contribution in [-0.4, -0.2) is 102 Å². The maximum Gasteiger partial charge on any atom is 0.311 e. The fraction of sp³-hybridized carbons (Fsp3) is 0.909. The Morgan fingerprint density at radius 1 is 0.333 bits per heavy atom. The van der Waals surface area contributed by atoms with Gasteiger partial charge in [0.1, 0.15) is 0 Å². The molecule has 0 spiro atoms. The molecule has 0 atom stereocenters. The van der Waals surface area contributed by atoms with Crippen LogP contribution in [-0.2, 0) is 28.8 Å². The van der Waals surface area contributed by atoms with Crippen LogP contribution in [0.4, 0.5) is 0 Å². The zero-order valence-corrected chi connectivity index (χ0v) is 52.7. The van der Waals surface area contributed by atoms with Gasteiger partial charge in [-0.1, -0.05) is 111 Å². The third-order valence-electron chi connectivity index (χ3n) is 7.47. The van der Waals surface area contributed by atoms with Gasteiger partial charge >= 0.3 is 25.7 Å².